The third-order valence-electron chi connectivity index (χ3n) is 3.01. The Bertz CT molecular complexity index is 417. The SMILES string of the molecule is CCOC(=O)C(NCC1CC1)c1cn(CCO)nn1. The molecule has 7 heteroatoms. The lowest BCUT2D eigenvalue weighted by Crippen LogP contribution is -2.32. The number of aromatic nitrogens is 3. The van der Waals surface area contributed by atoms with Crippen molar-refractivity contribution in [3.63, 3.8) is 0 Å². The van der Waals surface area contributed by atoms with Gasteiger partial charge in [0.25, 0.3) is 0 Å². The molecule has 1 aliphatic rings. The van der Waals surface area contributed by atoms with Crippen LogP contribution < -0.4 is 5.32 Å². The summed E-state index contributed by atoms with van der Waals surface area (Å²) in [5.41, 5.74) is 0.535. The number of aliphatic hydroxyl groups excluding tert-OH is 1. The van der Waals surface area contributed by atoms with Crippen LogP contribution in [0, 0.1) is 5.92 Å². The van der Waals surface area contributed by atoms with Gasteiger partial charge in [-0.2, -0.15) is 0 Å². The van der Waals surface area contributed by atoms with E-state index in [4.69, 9.17) is 9.84 Å². The Labute approximate surface area is 111 Å². The fraction of sp³-hybridized carbons (Fsp3) is 0.750. The molecule has 1 atom stereocenters. The number of nitrogens with one attached hydrogen (secondary N) is 1. The Morgan fingerprint density at radius 2 is 2.47 bits per heavy atom. The fourth-order valence-corrected chi connectivity index (χ4v) is 1.80. The summed E-state index contributed by atoms with van der Waals surface area (Å²) in [7, 11) is 0. The van der Waals surface area contributed by atoms with E-state index in [0.29, 0.717) is 24.8 Å². The first-order valence-electron chi connectivity index (χ1n) is 6.65. The van der Waals surface area contributed by atoms with Gasteiger partial charge in [0.2, 0.25) is 0 Å². The van der Waals surface area contributed by atoms with Gasteiger partial charge in [0, 0.05) is 0 Å². The predicted octanol–water partition coefficient (Wildman–Crippen LogP) is -0.126. The number of carbonyl (C=O) groups excluding carboxylic acids is 1. The summed E-state index contributed by atoms with van der Waals surface area (Å²) in [4.78, 5) is 11.9. The molecule has 0 spiro atoms. The minimum absolute atomic E-state index is 0.0115. The van der Waals surface area contributed by atoms with Gasteiger partial charge in [-0.05, 0) is 32.2 Å². The van der Waals surface area contributed by atoms with Crippen molar-refractivity contribution >= 4 is 5.97 Å². The molecule has 106 valence electrons. The maximum Gasteiger partial charge on any atom is 0.329 e. The third-order valence-corrected chi connectivity index (χ3v) is 3.01. The van der Waals surface area contributed by atoms with Crippen molar-refractivity contribution in [2.24, 2.45) is 5.92 Å². The van der Waals surface area contributed by atoms with Crippen LogP contribution in [0.15, 0.2) is 6.20 Å². The molecule has 0 aromatic carbocycles. The summed E-state index contributed by atoms with van der Waals surface area (Å²) in [5, 5.41) is 19.9. The summed E-state index contributed by atoms with van der Waals surface area (Å²) in [6.45, 7) is 3.26. The van der Waals surface area contributed by atoms with E-state index in [-0.39, 0.29) is 12.6 Å². The molecule has 1 saturated carbocycles. The number of nitrogens with zero attached hydrogens (tertiary/aromatic N) is 3. The zero-order valence-corrected chi connectivity index (χ0v) is 11.1. The van der Waals surface area contributed by atoms with Crippen molar-refractivity contribution < 1.29 is 14.6 Å². The number of ether oxygens (including phenoxy) is 1. The van der Waals surface area contributed by atoms with E-state index in [1.165, 1.54) is 17.5 Å². The fourth-order valence-electron chi connectivity index (χ4n) is 1.80. The Morgan fingerprint density at radius 3 is 3.11 bits per heavy atom. The summed E-state index contributed by atoms with van der Waals surface area (Å²) < 4.78 is 6.57. The third kappa shape index (κ3) is 4.00. The molecule has 0 amide bonds. The molecule has 0 bridgehead atoms. The summed E-state index contributed by atoms with van der Waals surface area (Å²) in [6.07, 6.45) is 4.08. The molecule has 19 heavy (non-hydrogen) atoms. The van der Waals surface area contributed by atoms with E-state index in [1.54, 1.807) is 13.1 Å². The number of esters is 1. The monoisotopic (exact) mass is 268 g/mol. The van der Waals surface area contributed by atoms with Gasteiger partial charge >= 0.3 is 5.97 Å². The molecule has 0 aliphatic heterocycles. The maximum atomic E-state index is 11.9. The van der Waals surface area contributed by atoms with Crippen LogP contribution in [0.5, 0.6) is 0 Å². The van der Waals surface area contributed by atoms with Crippen LogP contribution >= 0.6 is 0 Å². The van der Waals surface area contributed by atoms with Crippen LogP contribution in [0.2, 0.25) is 0 Å². The highest BCUT2D eigenvalue weighted by molar-refractivity contribution is 5.76. The van der Waals surface area contributed by atoms with Crippen LogP contribution in [-0.2, 0) is 16.1 Å². The molecule has 2 rings (SSSR count). The summed E-state index contributed by atoms with van der Waals surface area (Å²) in [6, 6.07) is -0.576. The zero-order chi connectivity index (χ0) is 13.7. The highest BCUT2D eigenvalue weighted by Crippen LogP contribution is 2.28. The van der Waals surface area contributed by atoms with Crippen molar-refractivity contribution in [3.05, 3.63) is 11.9 Å². The molecule has 0 radical (unpaired) electrons. The van der Waals surface area contributed by atoms with Gasteiger partial charge in [-0.25, -0.2) is 9.48 Å². The van der Waals surface area contributed by atoms with Gasteiger partial charge in [0.05, 0.1) is 26.0 Å². The van der Waals surface area contributed by atoms with Gasteiger partial charge in [-0.3, -0.25) is 5.32 Å². The highest BCUT2D eigenvalue weighted by Gasteiger charge is 2.28. The average molecular weight is 268 g/mol. The lowest BCUT2D eigenvalue weighted by Gasteiger charge is -2.14. The van der Waals surface area contributed by atoms with E-state index < -0.39 is 6.04 Å². The van der Waals surface area contributed by atoms with Crippen LogP contribution in [0.25, 0.3) is 0 Å². The standard InChI is InChI=1S/C12H20N4O3/c1-2-19-12(18)11(13-7-9-3-4-9)10-8-16(5-6-17)15-14-10/h8-9,11,13,17H,2-7H2,1H3. The van der Waals surface area contributed by atoms with Gasteiger partial charge in [0.1, 0.15) is 5.69 Å². The first kappa shape index (κ1) is 14.0. The maximum absolute atomic E-state index is 11.9. The van der Waals surface area contributed by atoms with Gasteiger partial charge in [-0.15, -0.1) is 5.10 Å². The smallest absolute Gasteiger partial charge is 0.329 e. The molecule has 1 fully saturated rings. The zero-order valence-electron chi connectivity index (χ0n) is 11.1. The van der Waals surface area contributed by atoms with Crippen LogP contribution in [0.1, 0.15) is 31.5 Å². The second-order valence-corrected chi connectivity index (χ2v) is 4.67. The molecule has 0 saturated heterocycles. The molecular formula is C12H20N4O3. The first-order valence-corrected chi connectivity index (χ1v) is 6.65. The van der Waals surface area contributed by atoms with E-state index in [1.807, 2.05) is 0 Å². The largest absolute Gasteiger partial charge is 0.465 e. The van der Waals surface area contributed by atoms with E-state index in [9.17, 15) is 4.79 Å². The summed E-state index contributed by atoms with van der Waals surface area (Å²) in [5.74, 6) is 0.323. The van der Waals surface area contributed by atoms with Crippen LogP contribution in [-0.4, -0.2) is 45.8 Å². The van der Waals surface area contributed by atoms with E-state index >= 15 is 0 Å². The lowest BCUT2D eigenvalue weighted by molar-refractivity contribution is -0.146. The minimum atomic E-state index is -0.576. The molecule has 7 nitrogen and oxygen atoms in total. The Balaban J connectivity index is 2.02. The highest BCUT2D eigenvalue weighted by atomic mass is 16.5. The van der Waals surface area contributed by atoms with Crippen molar-refractivity contribution in [1.29, 1.82) is 0 Å². The summed E-state index contributed by atoms with van der Waals surface area (Å²) >= 11 is 0. The number of aliphatic hydroxyl groups is 1. The number of rotatable bonds is 8. The number of hydrogen-bond donors (Lipinski definition) is 2. The van der Waals surface area contributed by atoms with Crippen molar-refractivity contribution in [2.75, 3.05) is 19.8 Å². The number of carbonyl (C=O) groups is 1. The van der Waals surface area contributed by atoms with Crippen molar-refractivity contribution in [3.8, 4) is 0 Å². The molecule has 2 N–H and O–H groups in total. The second-order valence-electron chi connectivity index (χ2n) is 4.67. The molecule has 1 unspecified atom stereocenters. The Hall–Kier alpha value is -1.47. The quantitative estimate of drug-likeness (QED) is 0.639. The molecule has 1 aliphatic carbocycles. The Kier molecular flexibility index (Phi) is 4.86. The van der Waals surface area contributed by atoms with E-state index in [0.717, 1.165) is 6.54 Å². The average Bonchev–Trinajstić information content (AvgIpc) is 3.10. The van der Waals surface area contributed by atoms with Crippen molar-refractivity contribution in [2.45, 2.75) is 32.4 Å². The normalized spacial score (nSPS) is 16.3. The number of hydrogen-bond acceptors (Lipinski definition) is 6. The van der Waals surface area contributed by atoms with Gasteiger partial charge < -0.3 is 9.84 Å². The first-order chi connectivity index (χ1) is 9.24. The van der Waals surface area contributed by atoms with Crippen molar-refractivity contribution in [1.82, 2.24) is 20.3 Å². The van der Waals surface area contributed by atoms with Crippen LogP contribution in [0.4, 0.5) is 0 Å². The molecule has 1 heterocycles. The van der Waals surface area contributed by atoms with Gasteiger partial charge in [0.15, 0.2) is 6.04 Å². The predicted molar refractivity (Wildman–Crippen MR) is 67.2 cm³/mol. The molecule has 1 aromatic rings. The Morgan fingerprint density at radius 1 is 1.68 bits per heavy atom. The lowest BCUT2D eigenvalue weighted by atomic mass is 10.2. The van der Waals surface area contributed by atoms with Crippen LogP contribution in [0.3, 0.4) is 0 Å². The second kappa shape index (κ2) is 6.63. The molecular weight excluding hydrogens is 248 g/mol. The topological polar surface area (TPSA) is 89.3 Å². The van der Waals surface area contributed by atoms with Gasteiger partial charge in [-0.1, -0.05) is 5.21 Å². The van der Waals surface area contributed by atoms with E-state index in [2.05, 4.69) is 15.6 Å². The minimum Gasteiger partial charge on any atom is -0.465 e. The molecule has 1 aromatic heterocycles.